The van der Waals surface area contributed by atoms with Crippen LogP contribution in [0, 0.1) is 25.5 Å². The topological polar surface area (TPSA) is 101 Å². The van der Waals surface area contributed by atoms with Gasteiger partial charge < -0.3 is 9.51 Å². The number of ketones is 1. The summed E-state index contributed by atoms with van der Waals surface area (Å²) >= 11 is 2.22. The Morgan fingerprint density at radius 3 is 2.46 bits per heavy atom. The largest absolute Gasteiger partial charge is 0.505 e. The third-order valence-electron chi connectivity index (χ3n) is 6.86. The molecule has 1 unspecified atom stereocenters. The van der Waals surface area contributed by atoms with Gasteiger partial charge in [-0.15, -0.1) is 10.2 Å². The molecule has 0 bridgehead atoms. The molecule has 0 saturated carbocycles. The van der Waals surface area contributed by atoms with E-state index < -0.39 is 29.3 Å². The minimum absolute atomic E-state index is 0.00149. The number of fused-ring (bicyclic) bond motifs is 1. The second-order valence-corrected chi connectivity index (χ2v) is 11.5. The second-order valence-electron chi connectivity index (χ2n) is 9.35. The zero-order chi connectivity index (χ0) is 28.8. The Morgan fingerprint density at radius 2 is 1.73 bits per heavy atom. The molecule has 5 aromatic rings. The van der Waals surface area contributed by atoms with Crippen LogP contribution in [0.2, 0.25) is 0 Å². The molecule has 1 saturated heterocycles. The summed E-state index contributed by atoms with van der Waals surface area (Å²) in [5.41, 5.74) is 2.24. The molecule has 1 aliphatic rings. The predicted octanol–water partition coefficient (Wildman–Crippen LogP) is 6.00. The van der Waals surface area contributed by atoms with E-state index in [0.29, 0.717) is 21.2 Å². The van der Waals surface area contributed by atoms with E-state index in [9.17, 15) is 19.1 Å². The molecule has 4 heterocycles. The summed E-state index contributed by atoms with van der Waals surface area (Å²) in [6.45, 7) is 3.59. The minimum Gasteiger partial charge on any atom is -0.505 e. The highest BCUT2D eigenvalue weighted by Crippen LogP contribution is 2.45. The molecule has 206 valence electrons. The zero-order valence-electron chi connectivity index (χ0n) is 21.7. The van der Waals surface area contributed by atoms with E-state index in [1.54, 1.807) is 41.8 Å². The predicted molar refractivity (Wildman–Crippen MR) is 152 cm³/mol. The number of pyridine rings is 1. The van der Waals surface area contributed by atoms with Crippen molar-refractivity contribution in [3.05, 3.63) is 112 Å². The fourth-order valence-corrected chi connectivity index (χ4v) is 6.66. The van der Waals surface area contributed by atoms with Gasteiger partial charge in [-0.2, -0.15) is 0 Å². The summed E-state index contributed by atoms with van der Waals surface area (Å²) in [6.07, 6.45) is 1.77. The van der Waals surface area contributed by atoms with Crippen LogP contribution in [0.25, 0.3) is 11.4 Å². The number of anilines is 1. The fraction of sp³-hybridized carbons (Fsp3) is 0.138. The van der Waals surface area contributed by atoms with Gasteiger partial charge in [0.25, 0.3) is 5.78 Å². The quantitative estimate of drug-likeness (QED) is 0.0853. The van der Waals surface area contributed by atoms with Crippen molar-refractivity contribution in [3.8, 4) is 0 Å². The number of carbonyl (C=O) groups is 2. The minimum atomic E-state index is -1.32. The lowest BCUT2D eigenvalue weighted by Crippen LogP contribution is -2.29. The summed E-state index contributed by atoms with van der Waals surface area (Å²) in [6, 6.07) is 14.4. The molecule has 1 atom stereocenters. The highest BCUT2D eigenvalue weighted by Gasteiger charge is 2.49. The van der Waals surface area contributed by atoms with Crippen LogP contribution in [0.1, 0.15) is 34.1 Å². The Labute approximate surface area is 241 Å². The van der Waals surface area contributed by atoms with Gasteiger partial charge in [0, 0.05) is 17.5 Å². The van der Waals surface area contributed by atoms with Gasteiger partial charge in [-0.05, 0) is 43.2 Å². The summed E-state index contributed by atoms with van der Waals surface area (Å²) in [4.78, 5) is 32.5. The number of aromatic nitrogens is 4. The number of hydrogen-bond donors (Lipinski definition) is 1. The van der Waals surface area contributed by atoms with Gasteiger partial charge in [0.15, 0.2) is 10.1 Å². The molecule has 6 rings (SSSR count). The van der Waals surface area contributed by atoms with Crippen LogP contribution < -0.4 is 4.90 Å². The summed E-state index contributed by atoms with van der Waals surface area (Å²) in [5, 5.41) is 19.8. The van der Waals surface area contributed by atoms with Crippen molar-refractivity contribution in [1.82, 2.24) is 19.6 Å². The number of amides is 1. The number of thioether (sulfide) groups is 1. The highest BCUT2D eigenvalue weighted by atomic mass is 32.2. The third-order valence-corrected chi connectivity index (χ3v) is 8.97. The summed E-state index contributed by atoms with van der Waals surface area (Å²) in [7, 11) is 0. The van der Waals surface area contributed by atoms with Crippen molar-refractivity contribution in [2.24, 2.45) is 0 Å². The number of aliphatic hydroxyl groups excluding tert-OH is 1. The van der Waals surface area contributed by atoms with E-state index in [1.165, 1.54) is 36.0 Å². The maximum atomic E-state index is 15.2. The lowest BCUT2D eigenvalue weighted by atomic mass is 9.96. The van der Waals surface area contributed by atoms with Gasteiger partial charge in [-0.1, -0.05) is 65.6 Å². The maximum Gasteiger partial charge on any atom is 0.301 e. The Balaban J connectivity index is 1.45. The van der Waals surface area contributed by atoms with Crippen LogP contribution in [0.4, 0.5) is 13.9 Å². The molecule has 3 aromatic heterocycles. The number of rotatable bonds is 6. The fourth-order valence-electron chi connectivity index (χ4n) is 4.81. The van der Waals surface area contributed by atoms with E-state index >= 15 is 4.39 Å². The molecule has 1 fully saturated rings. The number of Topliss-reactive ketones (excluding diaryl/α,β-unsaturated/α-hetero) is 1. The van der Waals surface area contributed by atoms with Crippen LogP contribution in [0.3, 0.4) is 0 Å². The maximum absolute atomic E-state index is 15.2. The molecule has 8 nitrogen and oxygen atoms in total. The van der Waals surface area contributed by atoms with Crippen molar-refractivity contribution in [1.29, 1.82) is 0 Å². The first-order valence-electron chi connectivity index (χ1n) is 12.5. The van der Waals surface area contributed by atoms with Crippen molar-refractivity contribution in [3.63, 3.8) is 0 Å². The Kier molecular flexibility index (Phi) is 6.88. The number of aliphatic hydroxyl groups is 1. The smallest absolute Gasteiger partial charge is 0.301 e. The number of halogens is 2. The molecule has 12 heteroatoms. The van der Waals surface area contributed by atoms with E-state index in [-0.39, 0.29) is 33.5 Å². The molecular formula is C29H21F2N5O3S2. The van der Waals surface area contributed by atoms with E-state index in [4.69, 9.17) is 0 Å². The van der Waals surface area contributed by atoms with Crippen LogP contribution >= 0.6 is 23.1 Å². The Bertz CT molecular complexity index is 1880. The highest BCUT2D eigenvalue weighted by molar-refractivity contribution is 8.00. The van der Waals surface area contributed by atoms with E-state index in [2.05, 4.69) is 15.2 Å². The average molecular weight is 590 g/mol. The summed E-state index contributed by atoms with van der Waals surface area (Å²) < 4.78 is 31.5. The second kappa shape index (κ2) is 10.5. The first-order valence-corrected chi connectivity index (χ1v) is 14.3. The molecule has 1 N–H and O–H groups in total. The van der Waals surface area contributed by atoms with Crippen LogP contribution in [-0.2, 0) is 15.3 Å². The van der Waals surface area contributed by atoms with E-state index in [0.717, 1.165) is 21.8 Å². The lowest BCUT2D eigenvalue weighted by molar-refractivity contribution is -0.132. The molecule has 1 amide bonds. The standard InChI is InChI=1S/C29H21F2N5O3S2/c1-15-8-7-13-35-16(2)22(32-26(15)35)24(37)21-23(18-10-4-6-12-20(18)31)36(27(39)25(21)38)28-33-34-29(41-28)40-14-17-9-3-5-11-19(17)30/h3-13,23,37H,14H2,1-2H3. The lowest BCUT2D eigenvalue weighted by Gasteiger charge is -2.22. The number of imidazole rings is 1. The van der Waals surface area contributed by atoms with Gasteiger partial charge in [0.2, 0.25) is 5.13 Å². The molecular weight excluding hydrogens is 568 g/mol. The van der Waals surface area contributed by atoms with Crippen LogP contribution in [-0.4, -0.2) is 36.4 Å². The Hall–Kier alpha value is -4.42. The first-order chi connectivity index (χ1) is 19.8. The van der Waals surface area contributed by atoms with Crippen molar-refractivity contribution < 1.29 is 23.5 Å². The average Bonchev–Trinajstić information content (AvgIpc) is 3.64. The van der Waals surface area contributed by atoms with Crippen molar-refractivity contribution >= 4 is 51.3 Å². The SMILES string of the molecule is Cc1cccn2c(C)c(C(O)=C3C(=O)C(=O)N(c4nnc(SCc5ccccc5F)s4)C3c3ccccc3F)nc12. The monoisotopic (exact) mass is 589 g/mol. The number of carbonyl (C=O) groups excluding carboxylic acids is 2. The number of nitrogens with zero attached hydrogens (tertiary/aromatic N) is 5. The number of hydrogen-bond acceptors (Lipinski definition) is 8. The van der Waals surface area contributed by atoms with Crippen LogP contribution in [0.15, 0.2) is 76.8 Å². The van der Waals surface area contributed by atoms with Crippen molar-refractivity contribution in [2.75, 3.05) is 4.90 Å². The first kappa shape index (κ1) is 26.8. The number of aryl methyl sites for hydroxylation is 2. The molecule has 2 aromatic carbocycles. The molecule has 0 spiro atoms. The summed E-state index contributed by atoms with van der Waals surface area (Å²) in [5.74, 6) is -3.26. The molecule has 0 radical (unpaired) electrons. The van der Waals surface area contributed by atoms with E-state index in [1.807, 2.05) is 19.1 Å². The van der Waals surface area contributed by atoms with Gasteiger partial charge >= 0.3 is 5.91 Å². The molecule has 0 aliphatic carbocycles. The molecule has 1 aliphatic heterocycles. The van der Waals surface area contributed by atoms with Gasteiger partial charge in [-0.3, -0.25) is 14.5 Å². The normalized spacial score (nSPS) is 16.7. The zero-order valence-corrected chi connectivity index (χ0v) is 23.3. The third kappa shape index (κ3) is 4.58. The van der Waals surface area contributed by atoms with Crippen LogP contribution in [0.5, 0.6) is 0 Å². The van der Waals surface area contributed by atoms with Gasteiger partial charge in [-0.25, -0.2) is 13.8 Å². The van der Waals surface area contributed by atoms with Gasteiger partial charge in [0.1, 0.15) is 29.0 Å². The molecule has 41 heavy (non-hydrogen) atoms. The number of benzene rings is 2. The van der Waals surface area contributed by atoms with Crippen molar-refractivity contribution in [2.45, 2.75) is 30.0 Å². The Morgan fingerprint density at radius 1 is 1.00 bits per heavy atom. The van der Waals surface area contributed by atoms with Gasteiger partial charge in [0.05, 0.1) is 11.3 Å².